The molecule has 0 saturated heterocycles. The van der Waals surface area contributed by atoms with Gasteiger partial charge >= 0.3 is 8.56 Å². The van der Waals surface area contributed by atoms with Crippen molar-refractivity contribution in [3.05, 3.63) is 12.2 Å². The van der Waals surface area contributed by atoms with E-state index in [9.17, 15) is 0 Å². The Morgan fingerprint density at radius 2 is 1.80 bits per heavy atom. The summed E-state index contributed by atoms with van der Waals surface area (Å²) in [7, 11) is -1.99. The lowest BCUT2D eigenvalue weighted by molar-refractivity contribution is 0.182. The number of hydrogen-bond donors (Lipinski definition) is 0. The molecule has 0 heterocycles. The van der Waals surface area contributed by atoms with Gasteiger partial charge in [-0.3, -0.25) is 0 Å². The van der Waals surface area contributed by atoms with Crippen LogP contribution in [0.25, 0.3) is 0 Å². The quantitative estimate of drug-likeness (QED) is 0.490. The van der Waals surface area contributed by atoms with Crippen molar-refractivity contribution >= 4 is 8.56 Å². The summed E-state index contributed by atoms with van der Waals surface area (Å²) >= 11 is 0. The van der Waals surface area contributed by atoms with Crippen LogP contribution in [0, 0.1) is 5.92 Å². The highest BCUT2D eigenvalue weighted by molar-refractivity contribution is 6.70. The van der Waals surface area contributed by atoms with Crippen LogP contribution >= 0.6 is 0 Å². The molecule has 0 bridgehead atoms. The van der Waals surface area contributed by atoms with Crippen molar-refractivity contribution in [3.8, 4) is 0 Å². The molecule has 2 unspecified atom stereocenters. The largest absolute Gasteiger partial charge is 0.394 e. The van der Waals surface area contributed by atoms with E-state index in [2.05, 4.69) is 34.3 Å². The van der Waals surface area contributed by atoms with Crippen LogP contribution in [0.1, 0.15) is 34.1 Å². The van der Waals surface area contributed by atoms with Crippen LogP contribution in [-0.2, 0) is 8.85 Å². The average molecular weight is 228 g/mol. The molecule has 0 amide bonds. The molecule has 15 heavy (non-hydrogen) atoms. The highest BCUT2D eigenvalue weighted by atomic mass is 28.4. The molecule has 1 saturated carbocycles. The minimum Gasteiger partial charge on any atom is -0.394 e. The molecule has 2 atom stereocenters. The summed E-state index contributed by atoms with van der Waals surface area (Å²) in [5, 5.41) is 0. The fourth-order valence-corrected chi connectivity index (χ4v) is 6.73. The lowest BCUT2D eigenvalue weighted by atomic mass is 10.4. The van der Waals surface area contributed by atoms with Crippen LogP contribution in [0.2, 0.25) is 11.6 Å². The monoisotopic (exact) mass is 228 g/mol. The van der Waals surface area contributed by atoms with E-state index in [1.54, 1.807) is 0 Å². The summed E-state index contributed by atoms with van der Waals surface area (Å²) in [5.41, 5.74) is 1.89. The molecular weight excluding hydrogens is 204 g/mol. The van der Waals surface area contributed by atoms with Gasteiger partial charge in [-0.1, -0.05) is 12.5 Å². The molecule has 0 aromatic heterocycles. The SMILES string of the molecule is C=C(C)C[Si](OCC)(OCC)C1CC1C. The molecule has 3 heteroatoms. The molecule has 0 aromatic carbocycles. The van der Waals surface area contributed by atoms with Crippen LogP contribution in [0.3, 0.4) is 0 Å². The van der Waals surface area contributed by atoms with Gasteiger partial charge in [-0.25, -0.2) is 0 Å². The molecule has 0 aliphatic heterocycles. The minimum absolute atomic E-state index is 0.689. The topological polar surface area (TPSA) is 18.5 Å². The summed E-state index contributed by atoms with van der Waals surface area (Å²) in [6, 6.07) is 0.962. The molecule has 1 fully saturated rings. The van der Waals surface area contributed by atoms with E-state index in [0.717, 1.165) is 25.2 Å². The summed E-state index contributed by atoms with van der Waals surface area (Å²) in [5.74, 6) is 0.786. The Morgan fingerprint density at radius 1 is 1.33 bits per heavy atom. The summed E-state index contributed by atoms with van der Waals surface area (Å²) < 4.78 is 12.1. The zero-order valence-electron chi connectivity index (χ0n) is 10.5. The first-order chi connectivity index (χ1) is 7.05. The normalized spacial score (nSPS) is 25.3. The third-order valence-electron chi connectivity index (χ3n) is 3.00. The van der Waals surface area contributed by atoms with E-state index in [1.807, 2.05) is 0 Å². The first kappa shape index (κ1) is 12.9. The van der Waals surface area contributed by atoms with Crippen LogP contribution in [-0.4, -0.2) is 21.8 Å². The maximum absolute atomic E-state index is 6.03. The number of hydrogen-bond acceptors (Lipinski definition) is 2. The molecule has 2 nitrogen and oxygen atoms in total. The van der Waals surface area contributed by atoms with Gasteiger partial charge in [-0.15, -0.1) is 6.58 Å². The first-order valence-corrected chi connectivity index (χ1v) is 8.08. The third kappa shape index (κ3) is 3.16. The maximum Gasteiger partial charge on any atom is 0.345 e. The fraction of sp³-hybridized carbons (Fsp3) is 0.833. The van der Waals surface area contributed by atoms with Crippen molar-refractivity contribution in [1.82, 2.24) is 0 Å². The molecule has 88 valence electrons. The van der Waals surface area contributed by atoms with Gasteiger partial charge in [0.2, 0.25) is 0 Å². The van der Waals surface area contributed by atoms with E-state index < -0.39 is 8.56 Å². The van der Waals surface area contributed by atoms with Crippen LogP contribution in [0.4, 0.5) is 0 Å². The van der Waals surface area contributed by atoms with E-state index in [0.29, 0.717) is 5.54 Å². The van der Waals surface area contributed by atoms with Gasteiger partial charge < -0.3 is 8.85 Å². The van der Waals surface area contributed by atoms with Crippen molar-refractivity contribution in [2.75, 3.05) is 13.2 Å². The van der Waals surface area contributed by atoms with Crippen molar-refractivity contribution in [3.63, 3.8) is 0 Å². The summed E-state index contributed by atoms with van der Waals surface area (Å²) in [6.45, 7) is 14.0. The van der Waals surface area contributed by atoms with E-state index in [1.165, 1.54) is 12.0 Å². The molecule has 0 radical (unpaired) electrons. The standard InChI is InChI=1S/C12H24O2Si/c1-6-13-15(14-7-2,9-10(3)4)12-8-11(12)5/h11-12H,3,6-9H2,1-2,4-5H3. The first-order valence-electron chi connectivity index (χ1n) is 5.98. The lowest BCUT2D eigenvalue weighted by Crippen LogP contribution is -2.43. The van der Waals surface area contributed by atoms with Crippen molar-refractivity contribution in [2.45, 2.75) is 45.7 Å². The molecule has 0 spiro atoms. The van der Waals surface area contributed by atoms with Gasteiger partial charge in [0.15, 0.2) is 0 Å². The van der Waals surface area contributed by atoms with Gasteiger partial charge in [-0.2, -0.15) is 0 Å². The maximum atomic E-state index is 6.03. The molecule has 0 N–H and O–H groups in total. The van der Waals surface area contributed by atoms with E-state index in [-0.39, 0.29) is 0 Å². The van der Waals surface area contributed by atoms with Gasteiger partial charge in [0.25, 0.3) is 0 Å². The predicted molar refractivity (Wildman–Crippen MR) is 66.2 cm³/mol. The third-order valence-corrected chi connectivity index (χ3v) is 7.59. The van der Waals surface area contributed by atoms with Crippen LogP contribution in [0.5, 0.6) is 0 Å². The van der Waals surface area contributed by atoms with Gasteiger partial charge in [0, 0.05) is 24.8 Å². The minimum atomic E-state index is -1.99. The lowest BCUT2D eigenvalue weighted by Gasteiger charge is -2.30. The number of rotatable bonds is 7. The molecule has 1 aliphatic carbocycles. The summed E-state index contributed by atoms with van der Waals surface area (Å²) in [6.07, 6.45) is 1.28. The predicted octanol–water partition coefficient (Wildman–Crippen LogP) is 3.49. The van der Waals surface area contributed by atoms with Crippen molar-refractivity contribution < 1.29 is 8.85 Å². The number of allylic oxidation sites excluding steroid dienone is 1. The summed E-state index contributed by atoms with van der Waals surface area (Å²) in [4.78, 5) is 0. The Balaban J connectivity index is 2.73. The Kier molecular flexibility index (Phi) is 4.56. The molecule has 1 rings (SSSR count). The highest BCUT2D eigenvalue weighted by Gasteiger charge is 2.55. The Labute approximate surface area is 94.9 Å². The fourth-order valence-electron chi connectivity index (χ4n) is 2.33. The average Bonchev–Trinajstić information content (AvgIpc) is 2.82. The van der Waals surface area contributed by atoms with Gasteiger partial charge in [-0.05, 0) is 33.1 Å². The second kappa shape index (κ2) is 5.28. The Hall–Kier alpha value is -0.123. The zero-order chi connectivity index (χ0) is 11.5. The smallest absolute Gasteiger partial charge is 0.345 e. The van der Waals surface area contributed by atoms with Gasteiger partial charge in [0.05, 0.1) is 0 Å². The zero-order valence-corrected chi connectivity index (χ0v) is 11.5. The molecule has 0 aromatic rings. The molecule has 1 aliphatic rings. The Bertz CT molecular complexity index is 222. The van der Waals surface area contributed by atoms with Gasteiger partial charge in [0.1, 0.15) is 0 Å². The second-order valence-electron chi connectivity index (χ2n) is 4.63. The van der Waals surface area contributed by atoms with Crippen molar-refractivity contribution in [2.24, 2.45) is 5.92 Å². The highest BCUT2D eigenvalue weighted by Crippen LogP contribution is 2.54. The Morgan fingerprint density at radius 3 is 2.07 bits per heavy atom. The van der Waals surface area contributed by atoms with Crippen molar-refractivity contribution in [1.29, 1.82) is 0 Å². The van der Waals surface area contributed by atoms with E-state index >= 15 is 0 Å². The molecular formula is C12H24O2Si. The van der Waals surface area contributed by atoms with Crippen LogP contribution in [0.15, 0.2) is 12.2 Å². The second-order valence-corrected chi connectivity index (χ2v) is 7.93. The van der Waals surface area contributed by atoms with E-state index in [4.69, 9.17) is 8.85 Å². The van der Waals surface area contributed by atoms with Crippen LogP contribution < -0.4 is 0 Å².